The van der Waals surface area contributed by atoms with Crippen LogP contribution in [0, 0.1) is 5.92 Å². The van der Waals surface area contributed by atoms with Crippen LogP contribution >= 0.6 is 12.4 Å². The minimum absolute atomic E-state index is 0. The molecule has 1 N–H and O–H groups in total. The Labute approximate surface area is 157 Å². The minimum Gasteiger partial charge on any atom is -0.428 e. The van der Waals surface area contributed by atoms with Gasteiger partial charge in [0.25, 0.3) is 0 Å². The van der Waals surface area contributed by atoms with Gasteiger partial charge in [0.15, 0.2) is 0 Å². The molecule has 26 heavy (non-hydrogen) atoms. The van der Waals surface area contributed by atoms with E-state index >= 15 is 0 Å². The molecule has 1 saturated heterocycles. The van der Waals surface area contributed by atoms with Crippen molar-refractivity contribution in [3.05, 3.63) is 29.8 Å². The lowest BCUT2D eigenvalue weighted by molar-refractivity contribution is -0.253. The first-order chi connectivity index (χ1) is 12.0. The fourth-order valence-corrected chi connectivity index (χ4v) is 3.99. The van der Waals surface area contributed by atoms with Crippen LogP contribution in [0.1, 0.15) is 37.3 Å². The summed E-state index contributed by atoms with van der Waals surface area (Å²) < 4.78 is 56.7. The van der Waals surface area contributed by atoms with E-state index in [0.29, 0.717) is 11.5 Å². The normalized spacial score (nSPS) is 20.8. The second kappa shape index (κ2) is 9.24. The average Bonchev–Trinajstić information content (AvgIpc) is 3.11. The van der Waals surface area contributed by atoms with E-state index in [0.717, 1.165) is 51.9 Å². The van der Waals surface area contributed by atoms with E-state index in [2.05, 4.69) is 15.0 Å². The van der Waals surface area contributed by atoms with Crippen LogP contribution in [0.5, 0.6) is 5.75 Å². The van der Waals surface area contributed by atoms with Crippen molar-refractivity contribution in [3.8, 4) is 5.75 Å². The quantitative estimate of drug-likeness (QED) is 0.717. The second-order valence-corrected chi connectivity index (χ2v) is 6.78. The molecule has 3 rings (SSSR count). The summed E-state index contributed by atoms with van der Waals surface area (Å²) in [6.45, 7) is 3.28. The summed E-state index contributed by atoms with van der Waals surface area (Å²) in [6.07, 6.45) is -4.07. The number of nitrogens with zero attached hydrogens (tertiary/aromatic N) is 1. The van der Waals surface area contributed by atoms with Gasteiger partial charge in [0.2, 0.25) is 0 Å². The predicted octanol–water partition coefficient (Wildman–Crippen LogP) is 4.48. The molecular weight excluding hydrogens is 372 g/mol. The molecular formula is C18H25ClF4N2O. The highest BCUT2D eigenvalue weighted by molar-refractivity contribution is 5.85. The molecule has 0 spiro atoms. The van der Waals surface area contributed by atoms with Crippen LogP contribution in [0.25, 0.3) is 0 Å². The number of nitrogens with one attached hydrogen (secondary N) is 1. The molecule has 0 amide bonds. The lowest BCUT2D eigenvalue weighted by Gasteiger charge is -2.39. The summed E-state index contributed by atoms with van der Waals surface area (Å²) >= 11 is 0. The lowest BCUT2D eigenvalue weighted by atomic mass is 9.89. The Morgan fingerprint density at radius 1 is 1.08 bits per heavy atom. The Hall–Kier alpha value is -1.05. The Morgan fingerprint density at radius 2 is 1.69 bits per heavy atom. The van der Waals surface area contributed by atoms with E-state index in [9.17, 15) is 17.6 Å². The molecule has 1 atom stereocenters. The van der Waals surface area contributed by atoms with Crippen LogP contribution in [-0.4, -0.2) is 43.6 Å². The van der Waals surface area contributed by atoms with Gasteiger partial charge in [0.1, 0.15) is 5.75 Å². The van der Waals surface area contributed by atoms with Gasteiger partial charge in [-0.15, -0.1) is 12.4 Å². The number of alkyl halides is 4. The summed E-state index contributed by atoms with van der Waals surface area (Å²) in [7, 11) is 0. The van der Waals surface area contributed by atoms with Gasteiger partial charge in [-0.1, -0.05) is 31.0 Å². The average molecular weight is 397 g/mol. The van der Waals surface area contributed by atoms with Crippen molar-refractivity contribution in [3.63, 3.8) is 0 Å². The summed E-state index contributed by atoms with van der Waals surface area (Å²) in [5.41, 5.74) is 0.594. The molecule has 8 heteroatoms. The van der Waals surface area contributed by atoms with E-state index in [-0.39, 0.29) is 24.2 Å². The molecule has 1 aromatic rings. The van der Waals surface area contributed by atoms with Crippen LogP contribution in [0.3, 0.4) is 0 Å². The maximum atomic E-state index is 13.5. The van der Waals surface area contributed by atoms with Crippen LogP contribution in [0.2, 0.25) is 0 Å². The molecule has 1 aromatic carbocycles. The molecule has 3 nitrogen and oxygen atoms in total. The Bertz CT molecular complexity index is 564. The molecule has 0 radical (unpaired) electrons. The number of benzene rings is 1. The third kappa shape index (κ3) is 4.81. The number of para-hydroxylation sites is 1. The lowest BCUT2D eigenvalue weighted by Crippen LogP contribution is -2.47. The third-order valence-corrected chi connectivity index (χ3v) is 5.13. The number of piperazine rings is 1. The highest BCUT2D eigenvalue weighted by Crippen LogP contribution is 2.43. The highest BCUT2D eigenvalue weighted by Gasteiger charge is 2.45. The SMILES string of the molecule is Cl.FC(F)C(F)(F)Oc1ccccc1[C@@H](C1CCCC1)N1CCNCC1. The molecule has 1 saturated carbocycles. The van der Waals surface area contributed by atoms with Gasteiger partial charge in [-0.2, -0.15) is 17.6 Å². The van der Waals surface area contributed by atoms with Crippen LogP contribution < -0.4 is 10.1 Å². The van der Waals surface area contributed by atoms with Crippen LogP contribution in [-0.2, 0) is 0 Å². The zero-order valence-electron chi connectivity index (χ0n) is 14.5. The molecule has 148 valence electrons. The number of hydrogen-bond acceptors (Lipinski definition) is 3. The van der Waals surface area contributed by atoms with Crippen molar-refractivity contribution < 1.29 is 22.3 Å². The second-order valence-electron chi connectivity index (χ2n) is 6.78. The van der Waals surface area contributed by atoms with E-state index in [1.807, 2.05) is 0 Å². The maximum absolute atomic E-state index is 13.5. The highest BCUT2D eigenvalue weighted by atomic mass is 35.5. The maximum Gasteiger partial charge on any atom is 0.461 e. The predicted molar refractivity (Wildman–Crippen MR) is 94.4 cm³/mol. The molecule has 0 aromatic heterocycles. The molecule has 1 aliphatic heterocycles. The largest absolute Gasteiger partial charge is 0.461 e. The fourth-order valence-electron chi connectivity index (χ4n) is 3.99. The topological polar surface area (TPSA) is 24.5 Å². The molecule has 2 fully saturated rings. The van der Waals surface area contributed by atoms with E-state index in [1.165, 1.54) is 6.07 Å². The van der Waals surface area contributed by atoms with Crippen molar-refractivity contribution in [1.29, 1.82) is 0 Å². The van der Waals surface area contributed by atoms with Crippen molar-refractivity contribution in [2.75, 3.05) is 26.2 Å². The van der Waals surface area contributed by atoms with Crippen LogP contribution in [0.15, 0.2) is 24.3 Å². The fraction of sp³-hybridized carbons (Fsp3) is 0.667. The zero-order chi connectivity index (χ0) is 17.9. The van der Waals surface area contributed by atoms with Gasteiger partial charge in [-0.25, -0.2) is 0 Å². The Balaban J connectivity index is 0.00000243. The Morgan fingerprint density at radius 3 is 2.31 bits per heavy atom. The van der Waals surface area contributed by atoms with Crippen molar-refractivity contribution in [1.82, 2.24) is 10.2 Å². The molecule has 2 aliphatic rings. The van der Waals surface area contributed by atoms with Crippen LogP contribution in [0.4, 0.5) is 17.6 Å². The number of halogens is 5. The van der Waals surface area contributed by atoms with Gasteiger partial charge in [0.05, 0.1) is 0 Å². The minimum atomic E-state index is -4.49. The monoisotopic (exact) mass is 396 g/mol. The van der Waals surface area contributed by atoms with Gasteiger partial charge in [0, 0.05) is 37.8 Å². The number of hydrogen-bond donors (Lipinski definition) is 1. The van der Waals surface area contributed by atoms with E-state index in [1.54, 1.807) is 18.2 Å². The molecule has 1 heterocycles. The molecule has 1 aliphatic carbocycles. The summed E-state index contributed by atoms with van der Waals surface area (Å²) in [4.78, 5) is 2.27. The Kier molecular flexibility index (Phi) is 7.55. The van der Waals surface area contributed by atoms with Gasteiger partial charge >= 0.3 is 12.5 Å². The van der Waals surface area contributed by atoms with Crippen molar-refractivity contribution in [2.45, 2.75) is 44.3 Å². The molecule has 0 bridgehead atoms. The number of rotatable bonds is 6. The van der Waals surface area contributed by atoms with Gasteiger partial charge < -0.3 is 10.1 Å². The van der Waals surface area contributed by atoms with Crippen molar-refractivity contribution in [2.24, 2.45) is 5.92 Å². The van der Waals surface area contributed by atoms with E-state index in [4.69, 9.17) is 0 Å². The van der Waals surface area contributed by atoms with Gasteiger partial charge in [-0.3, -0.25) is 4.90 Å². The van der Waals surface area contributed by atoms with E-state index < -0.39 is 12.5 Å². The standard InChI is InChI=1S/C18H24F4N2O.ClH/c19-17(20)18(21,22)25-15-8-4-3-7-14(15)16(13-5-1-2-6-13)24-11-9-23-10-12-24;/h3-4,7-8,13,16-17,23H,1-2,5-6,9-12H2;1H/t16-;/m1./s1. The summed E-state index contributed by atoms with van der Waals surface area (Å²) in [6, 6.07) is 6.34. The first-order valence-corrected chi connectivity index (χ1v) is 8.87. The molecule has 0 unspecified atom stereocenters. The van der Waals surface area contributed by atoms with Gasteiger partial charge in [-0.05, 0) is 24.8 Å². The first kappa shape index (κ1) is 21.3. The third-order valence-electron chi connectivity index (χ3n) is 5.13. The summed E-state index contributed by atoms with van der Waals surface area (Å²) in [5.74, 6) is 0.200. The smallest absolute Gasteiger partial charge is 0.428 e. The van der Waals surface area contributed by atoms with Crippen molar-refractivity contribution >= 4 is 12.4 Å². The summed E-state index contributed by atoms with van der Waals surface area (Å²) in [5, 5.41) is 3.29. The number of ether oxygens (including phenoxy) is 1. The first-order valence-electron chi connectivity index (χ1n) is 8.87. The zero-order valence-corrected chi connectivity index (χ0v) is 15.3.